The van der Waals surface area contributed by atoms with Crippen LogP contribution in [0.4, 0.5) is 10.5 Å². The fourth-order valence-electron chi connectivity index (χ4n) is 2.29. The van der Waals surface area contributed by atoms with Crippen LogP contribution in [0.3, 0.4) is 0 Å². The Bertz CT molecular complexity index is 729. The summed E-state index contributed by atoms with van der Waals surface area (Å²) < 4.78 is 5.75. The van der Waals surface area contributed by atoms with Gasteiger partial charge in [-0.15, -0.1) is 0 Å². The van der Waals surface area contributed by atoms with E-state index in [9.17, 15) is 9.59 Å². The first-order valence-electron chi connectivity index (χ1n) is 7.66. The Morgan fingerprint density at radius 2 is 1.75 bits per heavy atom. The Hall–Kier alpha value is -2.47. The molecule has 24 heavy (non-hydrogen) atoms. The quantitative estimate of drug-likeness (QED) is 0.895. The zero-order chi connectivity index (χ0) is 16.9. The molecule has 2 amide bonds. The average Bonchev–Trinajstić information content (AvgIpc) is 2.96. The number of benzene rings is 2. The Morgan fingerprint density at radius 1 is 1.12 bits per heavy atom. The summed E-state index contributed by atoms with van der Waals surface area (Å²) in [5.41, 5.74) is 1.85. The van der Waals surface area contributed by atoms with Crippen LogP contribution in [0.5, 0.6) is 11.5 Å². The molecule has 0 radical (unpaired) electrons. The molecular formula is C18H18N2O3S. The minimum Gasteiger partial charge on any atom is -0.457 e. The Kier molecular flexibility index (Phi) is 5.05. The third-order valence-corrected chi connectivity index (χ3v) is 4.47. The van der Waals surface area contributed by atoms with E-state index in [-0.39, 0.29) is 17.7 Å². The lowest BCUT2D eigenvalue weighted by atomic mass is 10.2. The van der Waals surface area contributed by atoms with Gasteiger partial charge in [0.25, 0.3) is 5.24 Å². The van der Waals surface area contributed by atoms with E-state index in [2.05, 4.69) is 5.32 Å². The van der Waals surface area contributed by atoms with E-state index in [0.29, 0.717) is 18.0 Å². The number of anilines is 1. The van der Waals surface area contributed by atoms with Gasteiger partial charge in [-0.05, 0) is 43.3 Å². The summed E-state index contributed by atoms with van der Waals surface area (Å²) in [5.74, 6) is 2.01. The molecule has 0 aliphatic carbocycles. The molecule has 0 bridgehead atoms. The lowest BCUT2D eigenvalue weighted by Crippen LogP contribution is -2.33. The number of hydrogen-bond donors (Lipinski definition) is 1. The van der Waals surface area contributed by atoms with Gasteiger partial charge in [-0.2, -0.15) is 0 Å². The topological polar surface area (TPSA) is 58.6 Å². The molecule has 6 heteroatoms. The molecule has 0 atom stereocenters. The van der Waals surface area contributed by atoms with Gasteiger partial charge in [-0.25, -0.2) is 0 Å². The second kappa shape index (κ2) is 7.40. The molecule has 5 nitrogen and oxygen atoms in total. The number of hydrogen-bond acceptors (Lipinski definition) is 4. The molecule has 1 fully saturated rings. The zero-order valence-corrected chi connectivity index (χ0v) is 14.1. The van der Waals surface area contributed by atoms with Gasteiger partial charge in [0.1, 0.15) is 18.0 Å². The van der Waals surface area contributed by atoms with Crippen LogP contribution in [0.2, 0.25) is 0 Å². The van der Waals surface area contributed by atoms with Crippen LogP contribution in [-0.4, -0.2) is 34.9 Å². The summed E-state index contributed by atoms with van der Waals surface area (Å²) in [6.07, 6.45) is 0. The fraction of sp³-hybridized carbons (Fsp3) is 0.222. The first-order chi connectivity index (χ1) is 11.6. The van der Waals surface area contributed by atoms with Crippen molar-refractivity contribution in [3.63, 3.8) is 0 Å². The van der Waals surface area contributed by atoms with Gasteiger partial charge in [0.15, 0.2) is 0 Å². The predicted molar refractivity (Wildman–Crippen MR) is 95.8 cm³/mol. The third kappa shape index (κ3) is 4.29. The number of thioether (sulfide) groups is 1. The average molecular weight is 342 g/mol. The van der Waals surface area contributed by atoms with E-state index in [1.807, 2.05) is 31.2 Å². The lowest BCUT2D eigenvalue weighted by molar-refractivity contribution is -0.116. The van der Waals surface area contributed by atoms with Crippen molar-refractivity contribution in [1.29, 1.82) is 0 Å². The fourth-order valence-corrected chi connectivity index (χ4v) is 3.12. The molecule has 124 valence electrons. The first-order valence-corrected chi connectivity index (χ1v) is 8.65. The van der Waals surface area contributed by atoms with Crippen LogP contribution in [0.25, 0.3) is 0 Å². The van der Waals surface area contributed by atoms with E-state index in [1.54, 1.807) is 29.2 Å². The molecule has 3 rings (SSSR count). The molecule has 0 unspecified atom stereocenters. The van der Waals surface area contributed by atoms with Gasteiger partial charge in [-0.1, -0.05) is 29.5 Å². The number of amides is 2. The van der Waals surface area contributed by atoms with Crippen LogP contribution < -0.4 is 10.1 Å². The maximum absolute atomic E-state index is 12.0. The van der Waals surface area contributed by atoms with E-state index >= 15 is 0 Å². The monoisotopic (exact) mass is 342 g/mol. The summed E-state index contributed by atoms with van der Waals surface area (Å²) >= 11 is 1.25. The second-order valence-electron chi connectivity index (χ2n) is 5.52. The summed E-state index contributed by atoms with van der Waals surface area (Å²) in [5, 5.41) is 2.76. The van der Waals surface area contributed by atoms with E-state index in [0.717, 1.165) is 11.5 Å². The number of nitrogens with zero attached hydrogens (tertiary/aromatic N) is 1. The molecule has 1 N–H and O–H groups in total. The highest BCUT2D eigenvalue weighted by atomic mass is 32.2. The van der Waals surface area contributed by atoms with Gasteiger partial charge in [0.05, 0.1) is 0 Å². The van der Waals surface area contributed by atoms with E-state index in [1.165, 1.54) is 17.3 Å². The maximum Gasteiger partial charge on any atom is 0.282 e. The number of carbonyl (C=O) groups is 2. The number of nitrogens with one attached hydrogen (secondary N) is 1. The molecule has 0 aromatic heterocycles. The highest BCUT2D eigenvalue weighted by molar-refractivity contribution is 8.13. The number of aryl methyl sites for hydroxylation is 1. The SMILES string of the molecule is Cc1ccc(Oc2ccc(NC(=O)CN3CCSC3=O)cc2)cc1. The van der Waals surface area contributed by atoms with Crippen molar-refractivity contribution >= 4 is 28.6 Å². The Balaban J connectivity index is 1.55. The van der Waals surface area contributed by atoms with Crippen molar-refractivity contribution in [3.05, 3.63) is 54.1 Å². The van der Waals surface area contributed by atoms with Crippen molar-refractivity contribution in [2.24, 2.45) is 0 Å². The van der Waals surface area contributed by atoms with Crippen LogP contribution in [0.15, 0.2) is 48.5 Å². The second-order valence-corrected chi connectivity index (χ2v) is 6.57. The summed E-state index contributed by atoms with van der Waals surface area (Å²) in [6, 6.07) is 15.0. The highest BCUT2D eigenvalue weighted by Gasteiger charge is 2.23. The summed E-state index contributed by atoms with van der Waals surface area (Å²) in [4.78, 5) is 25.0. The number of rotatable bonds is 5. The largest absolute Gasteiger partial charge is 0.457 e. The maximum atomic E-state index is 12.0. The van der Waals surface area contributed by atoms with E-state index < -0.39 is 0 Å². The molecule has 2 aromatic carbocycles. The smallest absolute Gasteiger partial charge is 0.282 e. The third-order valence-electron chi connectivity index (χ3n) is 3.57. The Labute approximate surface area is 145 Å². The van der Waals surface area contributed by atoms with Crippen molar-refractivity contribution in [1.82, 2.24) is 4.90 Å². The van der Waals surface area contributed by atoms with Crippen LogP contribution in [0, 0.1) is 6.92 Å². The highest BCUT2D eigenvalue weighted by Crippen LogP contribution is 2.23. The summed E-state index contributed by atoms with van der Waals surface area (Å²) in [7, 11) is 0. The van der Waals surface area contributed by atoms with E-state index in [4.69, 9.17) is 4.74 Å². The van der Waals surface area contributed by atoms with Gasteiger partial charge in [0, 0.05) is 18.0 Å². The Morgan fingerprint density at radius 3 is 2.33 bits per heavy atom. The lowest BCUT2D eigenvalue weighted by Gasteiger charge is -2.14. The minimum atomic E-state index is -0.196. The van der Waals surface area contributed by atoms with Crippen LogP contribution in [0.1, 0.15) is 5.56 Å². The normalized spacial score (nSPS) is 13.9. The minimum absolute atomic E-state index is 0.0352. The predicted octanol–water partition coefficient (Wildman–Crippen LogP) is 3.89. The molecule has 0 spiro atoms. The van der Waals surface area contributed by atoms with Crippen molar-refractivity contribution in [2.45, 2.75) is 6.92 Å². The molecular weight excluding hydrogens is 324 g/mol. The van der Waals surface area contributed by atoms with Gasteiger partial charge >= 0.3 is 0 Å². The number of ether oxygens (including phenoxy) is 1. The van der Waals surface area contributed by atoms with Crippen LogP contribution >= 0.6 is 11.8 Å². The first kappa shape index (κ1) is 16.4. The van der Waals surface area contributed by atoms with Gasteiger partial charge in [-0.3, -0.25) is 9.59 Å². The summed E-state index contributed by atoms with van der Waals surface area (Å²) in [6.45, 7) is 2.74. The molecule has 1 aliphatic heterocycles. The van der Waals surface area contributed by atoms with Gasteiger partial charge < -0.3 is 15.0 Å². The van der Waals surface area contributed by atoms with Crippen molar-refractivity contribution in [2.75, 3.05) is 24.2 Å². The zero-order valence-electron chi connectivity index (χ0n) is 13.3. The number of carbonyl (C=O) groups excluding carboxylic acids is 2. The molecule has 1 saturated heterocycles. The molecule has 1 aliphatic rings. The van der Waals surface area contributed by atoms with Crippen molar-refractivity contribution in [3.8, 4) is 11.5 Å². The standard InChI is InChI=1S/C18H18N2O3S/c1-13-2-6-15(7-3-13)23-16-8-4-14(5-9-16)19-17(21)12-20-10-11-24-18(20)22/h2-9H,10-12H2,1H3,(H,19,21). The van der Waals surface area contributed by atoms with Crippen LogP contribution in [-0.2, 0) is 4.79 Å². The molecule has 1 heterocycles. The molecule has 0 saturated carbocycles. The molecule has 2 aromatic rings. The van der Waals surface area contributed by atoms with Crippen molar-refractivity contribution < 1.29 is 14.3 Å². The van der Waals surface area contributed by atoms with Gasteiger partial charge in [0.2, 0.25) is 5.91 Å².